The molecule has 0 aromatic heterocycles. The third-order valence-corrected chi connectivity index (χ3v) is 2.50. The summed E-state index contributed by atoms with van der Waals surface area (Å²) >= 11 is 0. The predicted octanol–water partition coefficient (Wildman–Crippen LogP) is 3.32. The van der Waals surface area contributed by atoms with Crippen LogP contribution in [0, 0.1) is 28.6 Å². The maximum Gasteiger partial charge on any atom is 0.204 e. The van der Waals surface area contributed by atoms with Crippen molar-refractivity contribution < 1.29 is 0 Å². The standard InChI is InChI=1S/C15H9N2/c16-10-15(11-17)14-8-6-13(7-9-14)12-4-2-1-3-5-12/h1-9H. The minimum absolute atomic E-state index is 0.143. The van der Waals surface area contributed by atoms with Gasteiger partial charge in [-0.15, -0.1) is 0 Å². The molecule has 0 fully saturated rings. The third kappa shape index (κ3) is 2.33. The molecule has 1 radical (unpaired) electrons. The van der Waals surface area contributed by atoms with E-state index >= 15 is 0 Å². The van der Waals surface area contributed by atoms with Gasteiger partial charge in [-0.25, -0.2) is 0 Å². The molecule has 0 aliphatic carbocycles. The summed E-state index contributed by atoms with van der Waals surface area (Å²) in [6, 6.07) is 21.2. The maximum absolute atomic E-state index is 8.76. The molecule has 2 rings (SSSR count). The van der Waals surface area contributed by atoms with E-state index in [-0.39, 0.29) is 5.92 Å². The predicted molar refractivity (Wildman–Crippen MR) is 65.4 cm³/mol. The number of rotatable bonds is 2. The lowest BCUT2D eigenvalue weighted by Crippen LogP contribution is -1.92. The molecule has 2 nitrogen and oxygen atoms in total. The van der Waals surface area contributed by atoms with Crippen LogP contribution in [0.1, 0.15) is 5.56 Å². The van der Waals surface area contributed by atoms with Crippen LogP contribution < -0.4 is 0 Å². The van der Waals surface area contributed by atoms with Gasteiger partial charge in [0, 0.05) is 0 Å². The molecule has 0 amide bonds. The van der Waals surface area contributed by atoms with Gasteiger partial charge in [0.2, 0.25) is 5.92 Å². The molecule has 0 N–H and O–H groups in total. The van der Waals surface area contributed by atoms with E-state index < -0.39 is 0 Å². The lowest BCUT2D eigenvalue weighted by atomic mass is 9.98. The highest BCUT2D eigenvalue weighted by molar-refractivity contribution is 5.64. The average Bonchev–Trinajstić information content (AvgIpc) is 2.42. The van der Waals surface area contributed by atoms with Crippen molar-refractivity contribution in [2.45, 2.75) is 0 Å². The fourth-order valence-electron chi connectivity index (χ4n) is 1.61. The van der Waals surface area contributed by atoms with Crippen LogP contribution in [0.5, 0.6) is 0 Å². The zero-order valence-electron chi connectivity index (χ0n) is 9.09. The van der Waals surface area contributed by atoms with Gasteiger partial charge >= 0.3 is 0 Å². The molecule has 2 aromatic carbocycles. The third-order valence-electron chi connectivity index (χ3n) is 2.50. The van der Waals surface area contributed by atoms with E-state index in [0.717, 1.165) is 11.1 Å². The van der Waals surface area contributed by atoms with E-state index in [1.165, 1.54) is 0 Å². The second-order valence-electron chi connectivity index (χ2n) is 3.54. The second kappa shape index (κ2) is 4.96. The minimum Gasteiger partial charge on any atom is -0.196 e. The fourth-order valence-corrected chi connectivity index (χ4v) is 1.61. The van der Waals surface area contributed by atoms with Crippen molar-refractivity contribution in [1.82, 2.24) is 0 Å². The highest BCUT2D eigenvalue weighted by atomic mass is 14.3. The lowest BCUT2D eigenvalue weighted by Gasteiger charge is -2.03. The van der Waals surface area contributed by atoms with E-state index in [2.05, 4.69) is 0 Å². The van der Waals surface area contributed by atoms with Crippen molar-refractivity contribution in [3.05, 3.63) is 66.1 Å². The van der Waals surface area contributed by atoms with Crippen molar-refractivity contribution in [3.8, 4) is 23.3 Å². The fraction of sp³-hybridized carbons (Fsp3) is 0. The van der Waals surface area contributed by atoms with Crippen LogP contribution in [0.4, 0.5) is 0 Å². The molecule has 0 spiro atoms. The normalized spacial score (nSPS) is 9.59. The Labute approximate surface area is 100 Å². The average molecular weight is 217 g/mol. The first kappa shape index (κ1) is 10.9. The van der Waals surface area contributed by atoms with E-state index in [1.807, 2.05) is 54.6 Å². The molecule has 0 saturated heterocycles. The summed E-state index contributed by atoms with van der Waals surface area (Å²) in [6.45, 7) is 0. The Kier molecular flexibility index (Phi) is 3.19. The first-order valence-electron chi connectivity index (χ1n) is 5.18. The summed E-state index contributed by atoms with van der Waals surface area (Å²) in [5, 5.41) is 17.5. The molecule has 0 unspecified atom stereocenters. The van der Waals surface area contributed by atoms with Crippen LogP contribution in [-0.4, -0.2) is 0 Å². The molecule has 17 heavy (non-hydrogen) atoms. The Morgan fingerprint density at radius 1 is 0.706 bits per heavy atom. The topological polar surface area (TPSA) is 47.6 Å². The Morgan fingerprint density at radius 2 is 1.24 bits per heavy atom. The van der Waals surface area contributed by atoms with Gasteiger partial charge < -0.3 is 0 Å². The SMILES string of the molecule is N#C[C](C#N)c1ccc(-c2ccccc2)cc1. The summed E-state index contributed by atoms with van der Waals surface area (Å²) in [5.74, 6) is 0.143. The van der Waals surface area contributed by atoms with E-state index in [9.17, 15) is 0 Å². The van der Waals surface area contributed by atoms with E-state index in [0.29, 0.717) is 5.56 Å². The Balaban J connectivity index is 2.32. The van der Waals surface area contributed by atoms with Gasteiger partial charge in [0.15, 0.2) is 0 Å². The number of benzene rings is 2. The maximum atomic E-state index is 8.76. The Morgan fingerprint density at radius 3 is 1.76 bits per heavy atom. The molecule has 79 valence electrons. The van der Waals surface area contributed by atoms with Crippen molar-refractivity contribution in [2.24, 2.45) is 0 Å². The Hall–Kier alpha value is -2.58. The summed E-state index contributed by atoms with van der Waals surface area (Å²) in [6.07, 6.45) is 0. The van der Waals surface area contributed by atoms with E-state index in [4.69, 9.17) is 10.5 Å². The van der Waals surface area contributed by atoms with Gasteiger partial charge in [0.25, 0.3) is 0 Å². The first-order chi connectivity index (χ1) is 8.35. The van der Waals surface area contributed by atoms with Gasteiger partial charge in [0.1, 0.15) is 0 Å². The summed E-state index contributed by atoms with van der Waals surface area (Å²) in [4.78, 5) is 0. The quantitative estimate of drug-likeness (QED) is 0.774. The lowest BCUT2D eigenvalue weighted by molar-refractivity contribution is 1.33. The zero-order valence-corrected chi connectivity index (χ0v) is 9.09. The smallest absolute Gasteiger partial charge is 0.196 e. The Bertz CT molecular complexity index is 557. The van der Waals surface area contributed by atoms with Crippen LogP contribution in [0.15, 0.2) is 54.6 Å². The van der Waals surface area contributed by atoms with Gasteiger partial charge in [-0.05, 0) is 16.7 Å². The molecule has 0 atom stereocenters. The van der Waals surface area contributed by atoms with Crippen molar-refractivity contribution in [3.63, 3.8) is 0 Å². The largest absolute Gasteiger partial charge is 0.204 e. The highest BCUT2D eigenvalue weighted by Gasteiger charge is 2.10. The number of hydrogen-bond donors (Lipinski definition) is 0. The summed E-state index contributed by atoms with van der Waals surface area (Å²) in [5.41, 5.74) is 2.86. The number of nitriles is 2. The van der Waals surface area contributed by atoms with Gasteiger partial charge in [-0.1, -0.05) is 54.6 Å². The molecule has 0 heterocycles. The van der Waals surface area contributed by atoms with Gasteiger partial charge in [0.05, 0.1) is 12.1 Å². The van der Waals surface area contributed by atoms with Crippen molar-refractivity contribution >= 4 is 0 Å². The first-order valence-corrected chi connectivity index (χ1v) is 5.18. The molecule has 2 aromatic rings. The van der Waals surface area contributed by atoms with Crippen LogP contribution in [0.2, 0.25) is 0 Å². The number of nitrogens with zero attached hydrogens (tertiary/aromatic N) is 2. The van der Waals surface area contributed by atoms with Crippen LogP contribution in [0.25, 0.3) is 11.1 Å². The van der Waals surface area contributed by atoms with E-state index in [1.54, 1.807) is 12.1 Å². The molecular weight excluding hydrogens is 208 g/mol. The van der Waals surface area contributed by atoms with Crippen LogP contribution in [-0.2, 0) is 0 Å². The minimum atomic E-state index is 0.143. The van der Waals surface area contributed by atoms with Crippen molar-refractivity contribution in [1.29, 1.82) is 10.5 Å². The highest BCUT2D eigenvalue weighted by Crippen LogP contribution is 2.21. The molecule has 2 heteroatoms. The van der Waals surface area contributed by atoms with Crippen LogP contribution >= 0.6 is 0 Å². The molecule has 0 bridgehead atoms. The number of hydrogen-bond acceptors (Lipinski definition) is 2. The molecule has 0 aliphatic heterocycles. The zero-order chi connectivity index (χ0) is 12.1. The summed E-state index contributed by atoms with van der Waals surface area (Å²) < 4.78 is 0. The molecule has 0 saturated carbocycles. The molecule has 0 aliphatic rings. The second-order valence-corrected chi connectivity index (χ2v) is 3.54. The van der Waals surface area contributed by atoms with Gasteiger partial charge in [-0.2, -0.15) is 10.5 Å². The monoisotopic (exact) mass is 217 g/mol. The molecular formula is C15H9N2. The summed E-state index contributed by atoms with van der Waals surface area (Å²) in [7, 11) is 0. The van der Waals surface area contributed by atoms with Crippen LogP contribution in [0.3, 0.4) is 0 Å². The van der Waals surface area contributed by atoms with Crippen molar-refractivity contribution in [2.75, 3.05) is 0 Å². The van der Waals surface area contributed by atoms with Gasteiger partial charge in [-0.3, -0.25) is 0 Å².